The standard InChI is InChI=1S/C8H14O5.C6H14O6S2/c1-7(9)12-5-3-11-4-6-13-8(2)10;1-13(7,8)11-5-3-4-6-12-14(2,9)10/h3-6H2,1-2H3;3-6H2,1-2H3. The minimum absolute atomic E-state index is 0.0476. The van der Waals surface area contributed by atoms with Gasteiger partial charge in [0.2, 0.25) is 0 Å². The molecule has 0 aliphatic heterocycles. The van der Waals surface area contributed by atoms with Gasteiger partial charge >= 0.3 is 11.9 Å². The number of ether oxygens (including phenoxy) is 3. The van der Waals surface area contributed by atoms with Crippen LogP contribution >= 0.6 is 0 Å². The van der Waals surface area contributed by atoms with Gasteiger partial charge < -0.3 is 14.2 Å². The quantitative estimate of drug-likeness (QED) is 0.215. The van der Waals surface area contributed by atoms with Crippen LogP contribution in [0.15, 0.2) is 0 Å². The molecule has 0 N–H and O–H groups in total. The fraction of sp³-hybridized carbons (Fsp3) is 0.857. The smallest absolute Gasteiger partial charge is 0.302 e. The van der Waals surface area contributed by atoms with Crippen LogP contribution < -0.4 is 0 Å². The van der Waals surface area contributed by atoms with E-state index < -0.39 is 20.2 Å². The predicted octanol–water partition coefficient (Wildman–Crippen LogP) is -0.152. The van der Waals surface area contributed by atoms with E-state index in [-0.39, 0.29) is 38.4 Å². The van der Waals surface area contributed by atoms with Crippen LogP contribution in [0, 0.1) is 0 Å². The zero-order chi connectivity index (χ0) is 21.3. The molecule has 0 unspecified atom stereocenters. The highest BCUT2D eigenvalue weighted by molar-refractivity contribution is 7.86. The van der Waals surface area contributed by atoms with E-state index in [1.54, 1.807) is 0 Å². The van der Waals surface area contributed by atoms with Gasteiger partial charge in [-0.2, -0.15) is 16.8 Å². The van der Waals surface area contributed by atoms with Crippen LogP contribution in [0.25, 0.3) is 0 Å². The first-order chi connectivity index (χ1) is 12.3. The lowest BCUT2D eigenvalue weighted by atomic mass is 10.3. The number of esters is 2. The third-order valence-electron chi connectivity index (χ3n) is 2.20. The van der Waals surface area contributed by atoms with Crippen LogP contribution in [0.3, 0.4) is 0 Å². The number of hydrogen-bond acceptors (Lipinski definition) is 11. The van der Waals surface area contributed by atoms with Crippen molar-refractivity contribution in [3.05, 3.63) is 0 Å². The summed E-state index contributed by atoms with van der Waals surface area (Å²) in [5.41, 5.74) is 0. The van der Waals surface area contributed by atoms with Crippen molar-refractivity contribution in [2.24, 2.45) is 0 Å². The van der Waals surface area contributed by atoms with Crippen LogP contribution in [0.1, 0.15) is 26.7 Å². The minimum atomic E-state index is -3.40. The molecule has 11 nitrogen and oxygen atoms in total. The number of carbonyl (C=O) groups excluding carboxylic acids is 2. The van der Waals surface area contributed by atoms with Crippen LogP contribution in [0.2, 0.25) is 0 Å². The Kier molecular flexibility index (Phi) is 16.3. The second kappa shape index (κ2) is 15.7. The van der Waals surface area contributed by atoms with Gasteiger partial charge in [0.25, 0.3) is 20.2 Å². The van der Waals surface area contributed by atoms with Crippen molar-refractivity contribution in [2.45, 2.75) is 26.7 Å². The molecule has 0 bridgehead atoms. The maximum absolute atomic E-state index is 10.5. The minimum Gasteiger partial charge on any atom is -0.463 e. The summed E-state index contributed by atoms with van der Waals surface area (Å²) in [6.45, 7) is 3.86. The fourth-order valence-electron chi connectivity index (χ4n) is 1.22. The van der Waals surface area contributed by atoms with Gasteiger partial charge in [-0.15, -0.1) is 0 Å². The zero-order valence-electron chi connectivity index (χ0n) is 16.0. The fourth-order valence-corrected chi connectivity index (χ4v) is 2.06. The Morgan fingerprint density at radius 2 is 0.963 bits per heavy atom. The maximum Gasteiger partial charge on any atom is 0.302 e. The monoisotopic (exact) mass is 436 g/mol. The van der Waals surface area contributed by atoms with Crippen LogP contribution in [-0.2, 0) is 52.4 Å². The number of carbonyl (C=O) groups is 2. The van der Waals surface area contributed by atoms with Crippen LogP contribution in [0.4, 0.5) is 0 Å². The molecule has 27 heavy (non-hydrogen) atoms. The predicted molar refractivity (Wildman–Crippen MR) is 94.9 cm³/mol. The van der Waals surface area contributed by atoms with Gasteiger partial charge in [0.05, 0.1) is 38.9 Å². The van der Waals surface area contributed by atoms with E-state index in [0.29, 0.717) is 26.1 Å². The molecule has 0 radical (unpaired) electrons. The molecule has 0 amide bonds. The molecule has 0 aromatic heterocycles. The molecular weight excluding hydrogens is 408 g/mol. The lowest BCUT2D eigenvalue weighted by Crippen LogP contribution is -2.12. The van der Waals surface area contributed by atoms with E-state index in [1.165, 1.54) is 13.8 Å². The summed E-state index contributed by atoms with van der Waals surface area (Å²) in [5.74, 6) is -0.660. The van der Waals surface area contributed by atoms with E-state index in [1.807, 2.05) is 0 Å². The van der Waals surface area contributed by atoms with Gasteiger partial charge in [-0.3, -0.25) is 18.0 Å². The maximum atomic E-state index is 10.5. The van der Waals surface area contributed by atoms with E-state index in [9.17, 15) is 26.4 Å². The lowest BCUT2D eigenvalue weighted by molar-refractivity contribution is -0.143. The molecule has 0 aliphatic carbocycles. The molecule has 0 aliphatic rings. The van der Waals surface area contributed by atoms with Gasteiger partial charge in [0.1, 0.15) is 13.2 Å². The average Bonchev–Trinajstić information content (AvgIpc) is 2.48. The van der Waals surface area contributed by atoms with E-state index >= 15 is 0 Å². The van der Waals surface area contributed by atoms with Crippen molar-refractivity contribution in [1.29, 1.82) is 0 Å². The molecule has 162 valence electrons. The summed E-state index contributed by atoms with van der Waals surface area (Å²) >= 11 is 0. The Hall–Kier alpha value is -1.28. The Morgan fingerprint density at radius 3 is 1.22 bits per heavy atom. The summed E-state index contributed by atoms with van der Waals surface area (Å²) in [4.78, 5) is 20.5. The first-order valence-electron chi connectivity index (χ1n) is 7.87. The molecule has 0 aromatic rings. The van der Waals surface area contributed by atoms with Gasteiger partial charge in [-0.05, 0) is 12.8 Å². The third kappa shape index (κ3) is 32.8. The second-order valence-electron chi connectivity index (χ2n) is 5.05. The highest BCUT2D eigenvalue weighted by Crippen LogP contribution is 1.96. The highest BCUT2D eigenvalue weighted by Gasteiger charge is 2.03. The Labute approximate surface area is 160 Å². The summed E-state index contributed by atoms with van der Waals surface area (Å²) < 4.78 is 64.9. The summed E-state index contributed by atoms with van der Waals surface area (Å²) in [6.07, 6.45) is 2.78. The normalized spacial score (nSPS) is 11.3. The van der Waals surface area contributed by atoms with Gasteiger partial charge in [0.15, 0.2) is 0 Å². The van der Waals surface area contributed by atoms with Gasteiger partial charge in [0, 0.05) is 13.8 Å². The Bertz CT molecular complexity index is 557. The number of rotatable bonds is 13. The molecule has 0 heterocycles. The molecule has 0 saturated carbocycles. The molecule has 0 rings (SSSR count). The first kappa shape index (κ1) is 27.9. The molecule has 0 atom stereocenters. The molecule has 13 heteroatoms. The average molecular weight is 437 g/mol. The van der Waals surface area contributed by atoms with Crippen molar-refractivity contribution >= 4 is 32.2 Å². The summed E-state index contributed by atoms with van der Waals surface area (Å²) in [5, 5.41) is 0. The molecule has 0 fully saturated rings. The highest BCUT2D eigenvalue weighted by atomic mass is 32.2. The van der Waals surface area contributed by atoms with E-state index in [4.69, 9.17) is 4.74 Å². The molecular formula is C14H28O11S2. The van der Waals surface area contributed by atoms with Crippen molar-refractivity contribution in [1.82, 2.24) is 0 Å². The van der Waals surface area contributed by atoms with Crippen molar-refractivity contribution < 1.29 is 49.0 Å². The largest absolute Gasteiger partial charge is 0.463 e. The summed E-state index contributed by atoms with van der Waals surface area (Å²) in [6, 6.07) is 0. The van der Waals surface area contributed by atoms with E-state index in [0.717, 1.165) is 12.5 Å². The van der Waals surface area contributed by atoms with Crippen molar-refractivity contribution in [2.75, 3.05) is 52.2 Å². The van der Waals surface area contributed by atoms with Crippen molar-refractivity contribution in [3.8, 4) is 0 Å². The topological polar surface area (TPSA) is 149 Å². The van der Waals surface area contributed by atoms with E-state index in [2.05, 4.69) is 17.8 Å². The Balaban J connectivity index is 0. The third-order valence-corrected chi connectivity index (χ3v) is 3.39. The zero-order valence-corrected chi connectivity index (χ0v) is 17.6. The van der Waals surface area contributed by atoms with Crippen LogP contribution in [0.5, 0.6) is 0 Å². The molecule has 0 saturated heterocycles. The first-order valence-corrected chi connectivity index (χ1v) is 11.5. The number of unbranched alkanes of at least 4 members (excludes halogenated alkanes) is 1. The molecule has 0 aromatic carbocycles. The van der Waals surface area contributed by atoms with Crippen molar-refractivity contribution in [3.63, 3.8) is 0 Å². The Morgan fingerprint density at radius 1 is 0.630 bits per heavy atom. The number of hydrogen-bond donors (Lipinski definition) is 0. The van der Waals surface area contributed by atoms with Crippen LogP contribution in [-0.4, -0.2) is 80.9 Å². The second-order valence-corrected chi connectivity index (χ2v) is 8.34. The summed E-state index contributed by atoms with van der Waals surface area (Å²) in [7, 11) is -6.80. The van der Waals surface area contributed by atoms with Gasteiger partial charge in [-0.1, -0.05) is 0 Å². The SMILES string of the molecule is CC(=O)OCCOCCOC(C)=O.CS(=O)(=O)OCCCCOS(C)(=O)=O. The lowest BCUT2D eigenvalue weighted by Gasteiger charge is -2.04. The van der Waals surface area contributed by atoms with Gasteiger partial charge in [-0.25, -0.2) is 0 Å². The molecule has 0 spiro atoms.